The summed E-state index contributed by atoms with van der Waals surface area (Å²) in [6.07, 6.45) is 5.45. The highest BCUT2D eigenvalue weighted by Gasteiger charge is 2.43. The van der Waals surface area contributed by atoms with Gasteiger partial charge in [0, 0.05) is 70.0 Å². The minimum atomic E-state index is -0.336. The molecule has 2 aliphatic heterocycles. The molecule has 0 bridgehead atoms. The van der Waals surface area contributed by atoms with Crippen LogP contribution in [0, 0.1) is 23.2 Å². The average Bonchev–Trinajstić information content (AvgIpc) is 3.31. The lowest BCUT2D eigenvalue weighted by Gasteiger charge is -2.29. The third-order valence-electron chi connectivity index (χ3n) is 5.73. The zero-order chi connectivity index (χ0) is 21.0. The predicted molar refractivity (Wildman–Crippen MR) is 116 cm³/mol. The molecule has 3 atom stereocenters. The highest BCUT2D eigenvalue weighted by Crippen LogP contribution is 2.35. The Morgan fingerprint density at radius 1 is 1.48 bits per heavy atom. The van der Waals surface area contributed by atoms with Crippen molar-refractivity contribution in [2.45, 2.75) is 19.5 Å². The van der Waals surface area contributed by atoms with Crippen LogP contribution in [0.4, 0.5) is 11.4 Å². The summed E-state index contributed by atoms with van der Waals surface area (Å²) in [6.45, 7) is 8.77. The summed E-state index contributed by atoms with van der Waals surface area (Å²) in [5.41, 5.74) is 2.90. The van der Waals surface area contributed by atoms with Crippen molar-refractivity contribution in [3.05, 3.63) is 48.9 Å². The zero-order valence-corrected chi connectivity index (χ0v) is 17.4. The molecule has 0 aliphatic carbocycles. The van der Waals surface area contributed by atoms with Crippen LogP contribution in [0.15, 0.2) is 43.4 Å². The van der Waals surface area contributed by atoms with Gasteiger partial charge in [-0.3, -0.25) is 4.79 Å². The van der Waals surface area contributed by atoms with E-state index in [9.17, 15) is 10.1 Å². The maximum atomic E-state index is 12.9. The highest BCUT2D eigenvalue weighted by molar-refractivity contribution is 5.98. The van der Waals surface area contributed by atoms with Gasteiger partial charge in [0.2, 0.25) is 5.91 Å². The molecule has 0 aromatic heterocycles. The standard InChI is InChI=1S/C22H30N6O/c1-5-26(4)14-17-10-19(28-15-18-12-25-13-20(18)22(28)29)6-7-21(17)27(9-8-24-3)16(2)11-23/h5-10,16,18,20,24-25H,1,12-15H2,2-4H3/b9-8-/t16?,18-,20-/m1/s1. The van der Waals surface area contributed by atoms with E-state index in [1.807, 2.05) is 54.1 Å². The number of hydrogen-bond donors (Lipinski definition) is 2. The van der Waals surface area contributed by atoms with Gasteiger partial charge in [0.25, 0.3) is 0 Å². The van der Waals surface area contributed by atoms with Crippen molar-refractivity contribution in [1.82, 2.24) is 15.5 Å². The van der Waals surface area contributed by atoms with Crippen molar-refractivity contribution in [2.24, 2.45) is 11.8 Å². The minimum Gasteiger partial charge on any atom is -0.393 e. The van der Waals surface area contributed by atoms with Gasteiger partial charge in [0.1, 0.15) is 6.04 Å². The molecule has 29 heavy (non-hydrogen) atoms. The van der Waals surface area contributed by atoms with Crippen molar-refractivity contribution in [1.29, 1.82) is 5.26 Å². The normalized spacial score (nSPS) is 21.7. The SMILES string of the molecule is C=CN(C)Cc1cc(N2C[C@H]3CNC[C@H]3C2=O)ccc1N(/C=C\NC)C(C)C#N. The third-order valence-corrected chi connectivity index (χ3v) is 5.73. The molecular weight excluding hydrogens is 364 g/mol. The Bertz CT molecular complexity index is 829. The Labute approximate surface area is 173 Å². The fourth-order valence-electron chi connectivity index (χ4n) is 4.06. The number of hydrogen-bond acceptors (Lipinski definition) is 6. The number of anilines is 2. The Morgan fingerprint density at radius 2 is 2.28 bits per heavy atom. The van der Waals surface area contributed by atoms with Gasteiger partial charge in [-0.1, -0.05) is 6.58 Å². The summed E-state index contributed by atoms with van der Waals surface area (Å²) in [5.74, 6) is 0.672. The molecule has 1 aromatic carbocycles. The van der Waals surface area contributed by atoms with Crippen LogP contribution in [0.2, 0.25) is 0 Å². The van der Waals surface area contributed by atoms with Crippen molar-refractivity contribution >= 4 is 17.3 Å². The monoisotopic (exact) mass is 394 g/mol. The molecule has 2 saturated heterocycles. The highest BCUT2D eigenvalue weighted by atomic mass is 16.2. The summed E-state index contributed by atoms with van der Waals surface area (Å²) in [6, 6.07) is 8.05. The van der Waals surface area contributed by atoms with Crippen LogP contribution in [0.3, 0.4) is 0 Å². The summed E-state index contributed by atoms with van der Waals surface area (Å²) in [4.78, 5) is 18.7. The number of fused-ring (bicyclic) bond motifs is 1. The molecule has 154 valence electrons. The number of nitrogens with zero attached hydrogens (tertiary/aromatic N) is 4. The van der Waals surface area contributed by atoms with Gasteiger partial charge < -0.3 is 25.3 Å². The summed E-state index contributed by atoms with van der Waals surface area (Å²) >= 11 is 0. The van der Waals surface area contributed by atoms with E-state index in [2.05, 4.69) is 29.3 Å². The smallest absolute Gasteiger partial charge is 0.231 e. The first-order valence-electron chi connectivity index (χ1n) is 9.99. The first-order valence-corrected chi connectivity index (χ1v) is 9.99. The molecule has 1 unspecified atom stereocenters. The molecule has 1 amide bonds. The Hall–Kier alpha value is -2.98. The maximum Gasteiger partial charge on any atom is 0.231 e. The Kier molecular flexibility index (Phi) is 6.45. The van der Waals surface area contributed by atoms with Crippen LogP contribution in [0.1, 0.15) is 12.5 Å². The molecule has 3 rings (SSSR count). The average molecular weight is 395 g/mol. The molecule has 0 radical (unpaired) electrons. The molecular formula is C22H30N6O. The van der Waals surface area contributed by atoms with E-state index in [0.717, 1.165) is 36.6 Å². The predicted octanol–water partition coefficient (Wildman–Crippen LogP) is 1.85. The molecule has 0 saturated carbocycles. The molecule has 2 heterocycles. The molecule has 1 aromatic rings. The summed E-state index contributed by atoms with van der Waals surface area (Å²) in [5, 5.41) is 15.8. The van der Waals surface area contributed by atoms with E-state index < -0.39 is 0 Å². The van der Waals surface area contributed by atoms with Crippen molar-refractivity contribution in [3.63, 3.8) is 0 Å². The zero-order valence-electron chi connectivity index (χ0n) is 17.4. The number of benzene rings is 1. The minimum absolute atomic E-state index is 0.0858. The first kappa shape index (κ1) is 20.7. The lowest BCUT2D eigenvalue weighted by molar-refractivity contribution is -0.120. The molecule has 2 aliphatic rings. The van der Waals surface area contributed by atoms with E-state index in [1.165, 1.54) is 0 Å². The topological polar surface area (TPSA) is 74.6 Å². The fourth-order valence-corrected chi connectivity index (χ4v) is 4.06. The first-order chi connectivity index (χ1) is 14.0. The maximum absolute atomic E-state index is 12.9. The van der Waals surface area contributed by atoms with Gasteiger partial charge in [0.05, 0.1) is 12.0 Å². The van der Waals surface area contributed by atoms with Gasteiger partial charge >= 0.3 is 0 Å². The second-order valence-electron chi connectivity index (χ2n) is 7.70. The molecule has 7 heteroatoms. The van der Waals surface area contributed by atoms with Gasteiger partial charge in [-0.25, -0.2) is 0 Å². The second-order valence-corrected chi connectivity index (χ2v) is 7.70. The van der Waals surface area contributed by atoms with Gasteiger partial charge in [-0.15, -0.1) is 0 Å². The largest absolute Gasteiger partial charge is 0.393 e. The van der Waals surface area contributed by atoms with Gasteiger partial charge in [-0.2, -0.15) is 5.26 Å². The quantitative estimate of drug-likeness (QED) is 0.701. The van der Waals surface area contributed by atoms with Crippen LogP contribution in [-0.2, 0) is 11.3 Å². The van der Waals surface area contributed by atoms with Crippen molar-refractivity contribution in [3.8, 4) is 6.07 Å². The third kappa shape index (κ3) is 4.22. The number of rotatable bonds is 8. The van der Waals surface area contributed by atoms with Crippen LogP contribution < -0.4 is 20.4 Å². The summed E-state index contributed by atoms with van der Waals surface area (Å²) in [7, 11) is 3.79. The lowest BCUT2D eigenvalue weighted by Crippen LogP contribution is -2.31. The number of nitrogens with one attached hydrogen (secondary N) is 2. The van der Waals surface area contributed by atoms with Crippen LogP contribution >= 0.6 is 0 Å². The van der Waals surface area contributed by atoms with Crippen molar-refractivity contribution < 1.29 is 4.79 Å². The molecule has 2 N–H and O–H groups in total. The van der Waals surface area contributed by atoms with E-state index in [-0.39, 0.29) is 17.9 Å². The second kappa shape index (κ2) is 9.01. The summed E-state index contributed by atoms with van der Waals surface area (Å²) < 4.78 is 0. The van der Waals surface area contributed by atoms with Crippen LogP contribution in [-0.4, -0.2) is 50.6 Å². The molecule has 0 spiro atoms. The van der Waals surface area contributed by atoms with Crippen molar-refractivity contribution in [2.75, 3.05) is 43.5 Å². The lowest BCUT2D eigenvalue weighted by atomic mass is 10.0. The molecule has 7 nitrogen and oxygen atoms in total. The van der Waals surface area contributed by atoms with E-state index >= 15 is 0 Å². The molecule has 2 fully saturated rings. The Morgan fingerprint density at radius 3 is 2.93 bits per heavy atom. The van der Waals surface area contributed by atoms with Gasteiger partial charge in [-0.05, 0) is 36.9 Å². The van der Waals surface area contributed by atoms with Gasteiger partial charge in [0.15, 0.2) is 0 Å². The van der Waals surface area contributed by atoms with E-state index in [0.29, 0.717) is 12.5 Å². The fraction of sp³-hybridized carbons (Fsp3) is 0.455. The number of carbonyl (C=O) groups is 1. The Balaban J connectivity index is 1.98. The number of carbonyl (C=O) groups excluding carboxylic acids is 1. The van der Waals surface area contributed by atoms with Crippen LogP contribution in [0.5, 0.6) is 0 Å². The van der Waals surface area contributed by atoms with E-state index in [4.69, 9.17) is 0 Å². The number of nitriles is 1. The van der Waals surface area contributed by atoms with Crippen LogP contribution in [0.25, 0.3) is 0 Å². The van der Waals surface area contributed by atoms with E-state index in [1.54, 1.807) is 12.4 Å². The number of amides is 1.